The molecule has 0 saturated heterocycles. The molecule has 1 saturated carbocycles. The van der Waals surface area contributed by atoms with Gasteiger partial charge < -0.3 is 5.73 Å². The molecule has 2 unspecified atom stereocenters. The Labute approximate surface area is 108 Å². The lowest BCUT2D eigenvalue weighted by molar-refractivity contribution is 0.482. The summed E-state index contributed by atoms with van der Waals surface area (Å²) < 4.78 is 65.6. The maximum atomic E-state index is 13.4. The van der Waals surface area contributed by atoms with E-state index in [-0.39, 0.29) is 6.04 Å². The molecule has 106 valence electrons. The monoisotopic (exact) mass is 294 g/mol. The van der Waals surface area contributed by atoms with Gasteiger partial charge in [0.25, 0.3) is 0 Å². The lowest BCUT2D eigenvalue weighted by Gasteiger charge is -2.17. The fourth-order valence-corrected chi connectivity index (χ4v) is 3.62. The molecule has 0 amide bonds. The number of nitrogens with one attached hydrogen (secondary N) is 1. The molecule has 1 aliphatic carbocycles. The molecule has 1 aromatic carbocycles. The number of rotatable bonds is 3. The largest absolute Gasteiger partial charge is 0.326 e. The fourth-order valence-electron chi connectivity index (χ4n) is 2.18. The van der Waals surface area contributed by atoms with Crippen molar-refractivity contribution in [3.63, 3.8) is 0 Å². The predicted octanol–water partition coefficient (Wildman–Crippen LogP) is 1.26. The minimum absolute atomic E-state index is 0.326. The third-order valence-electron chi connectivity index (χ3n) is 3.11. The summed E-state index contributed by atoms with van der Waals surface area (Å²) in [4.78, 5) is -1.17. The smallest absolute Gasteiger partial charge is 0.246 e. The van der Waals surface area contributed by atoms with Gasteiger partial charge >= 0.3 is 0 Å². The molecule has 19 heavy (non-hydrogen) atoms. The van der Waals surface area contributed by atoms with E-state index in [1.165, 1.54) is 0 Å². The molecule has 8 heteroatoms. The first-order chi connectivity index (χ1) is 8.81. The fraction of sp³-hybridized carbons (Fsp3) is 0.455. The van der Waals surface area contributed by atoms with Gasteiger partial charge in [0, 0.05) is 24.2 Å². The van der Waals surface area contributed by atoms with Crippen LogP contribution < -0.4 is 10.5 Å². The molecule has 1 aliphatic rings. The van der Waals surface area contributed by atoms with Crippen LogP contribution in [0, 0.1) is 17.5 Å². The second kappa shape index (κ2) is 5.10. The number of halogens is 3. The van der Waals surface area contributed by atoms with E-state index in [4.69, 9.17) is 5.73 Å². The third-order valence-corrected chi connectivity index (χ3v) is 4.65. The number of benzene rings is 1. The van der Waals surface area contributed by atoms with Crippen LogP contribution >= 0.6 is 0 Å². The van der Waals surface area contributed by atoms with Crippen molar-refractivity contribution in [3.8, 4) is 0 Å². The van der Waals surface area contributed by atoms with Crippen molar-refractivity contribution in [2.24, 2.45) is 5.73 Å². The zero-order valence-corrected chi connectivity index (χ0v) is 10.7. The zero-order chi connectivity index (χ0) is 14.2. The van der Waals surface area contributed by atoms with E-state index in [2.05, 4.69) is 4.72 Å². The van der Waals surface area contributed by atoms with Crippen LogP contribution in [-0.2, 0) is 10.0 Å². The van der Waals surface area contributed by atoms with Crippen molar-refractivity contribution >= 4 is 10.0 Å². The van der Waals surface area contributed by atoms with Gasteiger partial charge in [-0.3, -0.25) is 0 Å². The second-order valence-electron chi connectivity index (χ2n) is 4.52. The normalized spacial score (nSPS) is 23.8. The highest BCUT2D eigenvalue weighted by molar-refractivity contribution is 7.89. The highest BCUT2D eigenvalue weighted by atomic mass is 32.2. The Kier molecular flexibility index (Phi) is 3.84. The van der Waals surface area contributed by atoms with E-state index in [1.807, 2.05) is 0 Å². The first kappa shape index (κ1) is 14.3. The Hall–Kier alpha value is -1.12. The van der Waals surface area contributed by atoms with Crippen LogP contribution in [0.25, 0.3) is 0 Å². The number of hydrogen-bond acceptors (Lipinski definition) is 3. The number of sulfonamides is 1. The van der Waals surface area contributed by atoms with Crippen LogP contribution in [0.15, 0.2) is 17.0 Å². The molecule has 1 fully saturated rings. The van der Waals surface area contributed by atoms with Gasteiger partial charge in [-0.1, -0.05) is 6.42 Å². The van der Waals surface area contributed by atoms with E-state index < -0.39 is 38.4 Å². The van der Waals surface area contributed by atoms with Crippen LogP contribution in [0.4, 0.5) is 13.2 Å². The summed E-state index contributed by atoms with van der Waals surface area (Å²) in [6.07, 6.45) is 1.88. The quantitative estimate of drug-likeness (QED) is 0.881. The van der Waals surface area contributed by atoms with Gasteiger partial charge in [-0.15, -0.1) is 0 Å². The van der Waals surface area contributed by atoms with Gasteiger partial charge in [0.1, 0.15) is 17.5 Å². The van der Waals surface area contributed by atoms with Crippen LogP contribution in [0.5, 0.6) is 0 Å². The topological polar surface area (TPSA) is 72.2 Å². The standard InChI is InChI=1S/C11H13F3N2O2S/c12-6-4-7(13)11(8(14)5-6)19(17,18)16-10-3-1-2-9(10)15/h4-5,9-10,16H,1-3,15H2. The molecule has 0 aromatic heterocycles. The molecular weight excluding hydrogens is 281 g/mol. The molecule has 0 radical (unpaired) electrons. The van der Waals surface area contributed by atoms with Gasteiger partial charge in [-0.25, -0.2) is 26.3 Å². The van der Waals surface area contributed by atoms with Crippen LogP contribution in [0.1, 0.15) is 19.3 Å². The molecule has 1 aromatic rings. The van der Waals surface area contributed by atoms with Crippen molar-refractivity contribution in [3.05, 3.63) is 29.6 Å². The van der Waals surface area contributed by atoms with E-state index >= 15 is 0 Å². The van der Waals surface area contributed by atoms with E-state index in [9.17, 15) is 21.6 Å². The molecule has 4 nitrogen and oxygen atoms in total. The van der Waals surface area contributed by atoms with Crippen molar-refractivity contribution < 1.29 is 21.6 Å². The minimum atomic E-state index is -4.40. The molecule has 0 bridgehead atoms. The van der Waals surface area contributed by atoms with Crippen molar-refractivity contribution in [2.75, 3.05) is 0 Å². The molecule has 0 aliphatic heterocycles. The number of nitrogens with two attached hydrogens (primary N) is 1. The summed E-state index contributed by atoms with van der Waals surface area (Å²) in [5, 5.41) is 0. The van der Waals surface area contributed by atoms with Crippen LogP contribution in [-0.4, -0.2) is 20.5 Å². The molecule has 0 heterocycles. The summed E-state index contributed by atoms with van der Waals surface area (Å²) in [5.74, 6) is -4.10. The highest BCUT2D eigenvalue weighted by Gasteiger charge is 2.32. The van der Waals surface area contributed by atoms with E-state index in [1.54, 1.807) is 0 Å². The Balaban J connectivity index is 2.34. The molecule has 3 N–H and O–H groups in total. The first-order valence-corrected chi connectivity index (χ1v) is 7.22. The van der Waals surface area contributed by atoms with Crippen LogP contribution in [0.2, 0.25) is 0 Å². The van der Waals surface area contributed by atoms with Crippen molar-refractivity contribution in [2.45, 2.75) is 36.2 Å². The molecular formula is C11H13F3N2O2S. The maximum Gasteiger partial charge on any atom is 0.246 e. The summed E-state index contributed by atoms with van der Waals surface area (Å²) >= 11 is 0. The maximum absolute atomic E-state index is 13.4. The van der Waals surface area contributed by atoms with Gasteiger partial charge in [-0.2, -0.15) is 0 Å². The molecule has 2 rings (SSSR count). The summed E-state index contributed by atoms with van der Waals surface area (Å²) in [7, 11) is -4.40. The lowest BCUT2D eigenvalue weighted by Crippen LogP contribution is -2.44. The van der Waals surface area contributed by atoms with Gasteiger partial charge in [0.2, 0.25) is 10.0 Å². The summed E-state index contributed by atoms with van der Waals surface area (Å²) in [6.45, 7) is 0. The Morgan fingerprint density at radius 3 is 2.21 bits per heavy atom. The summed E-state index contributed by atoms with van der Waals surface area (Å²) in [6, 6.07) is -0.298. The Morgan fingerprint density at radius 1 is 1.16 bits per heavy atom. The van der Waals surface area contributed by atoms with E-state index in [0.717, 1.165) is 6.42 Å². The van der Waals surface area contributed by atoms with Crippen LogP contribution in [0.3, 0.4) is 0 Å². The SMILES string of the molecule is NC1CCCC1NS(=O)(=O)c1c(F)cc(F)cc1F. The van der Waals surface area contributed by atoms with Gasteiger partial charge in [0.05, 0.1) is 0 Å². The minimum Gasteiger partial charge on any atom is -0.326 e. The molecule has 0 spiro atoms. The zero-order valence-electron chi connectivity index (χ0n) is 9.87. The van der Waals surface area contributed by atoms with Crippen molar-refractivity contribution in [1.82, 2.24) is 4.72 Å². The summed E-state index contributed by atoms with van der Waals surface area (Å²) in [5.41, 5.74) is 5.69. The van der Waals surface area contributed by atoms with E-state index in [0.29, 0.717) is 25.0 Å². The first-order valence-electron chi connectivity index (χ1n) is 5.74. The van der Waals surface area contributed by atoms with Gasteiger partial charge in [-0.05, 0) is 12.8 Å². The third kappa shape index (κ3) is 2.90. The highest BCUT2D eigenvalue weighted by Crippen LogP contribution is 2.23. The Morgan fingerprint density at radius 2 is 1.74 bits per heavy atom. The lowest BCUT2D eigenvalue weighted by atomic mass is 10.2. The average molecular weight is 294 g/mol. The average Bonchev–Trinajstić information content (AvgIpc) is 2.61. The van der Waals surface area contributed by atoms with Crippen molar-refractivity contribution in [1.29, 1.82) is 0 Å². The molecule has 2 atom stereocenters. The van der Waals surface area contributed by atoms with Gasteiger partial charge in [0.15, 0.2) is 4.90 Å². The predicted molar refractivity (Wildman–Crippen MR) is 62.3 cm³/mol. The second-order valence-corrected chi connectivity index (χ2v) is 6.17. The number of hydrogen-bond donors (Lipinski definition) is 2. The Bertz CT molecular complexity index is 569.